The van der Waals surface area contributed by atoms with Gasteiger partial charge in [-0.3, -0.25) is 0 Å². The van der Waals surface area contributed by atoms with Crippen molar-refractivity contribution >= 4 is 44.8 Å². The minimum atomic E-state index is 0.517. The largest absolute Gasteiger partial charge is 0.490 e. The van der Waals surface area contributed by atoms with Crippen LogP contribution in [0.25, 0.3) is 0 Å². The number of anilines is 1. The standard InChI is InChI=1S/C14H12BrCl2NO/c15-10-4-5-13(17)14(8-10)19-7-6-18-12-3-1-2-11(16)9-12/h1-5,8-9,18H,6-7H2. The van der Waals surface area contributed by atoms with Gasteiger partial charge >= 0.3 is 0 Å². The summed E-state index contributed by atoms with van der Waals surface area (Å²) in [7, 11) is 0. The van der Waals surface area contributed by atoms with Gasteiger partial charge in [0.2, 0.25) is 0 Å². The Labute approximate surface area is 130 Å². The van der Waals surface area contributed by atoms with Gasteiger partial charge in [0, 0.05) is 21.7 Å². The van der Waals surface area contributed by atoms with E-state index in [4.69, 9.17) is 27.9 Å². The SMILES string of the molecule is Clc1cccc(NCCOc2cc(Br)ccc2Cl)c1. The molecule has 0 spiro atoms. The molecule has 0 aliphatic carbocycles. The number of hydrogen-bond acceptors (Lipinski definition) is 2. The molecule has 0 atom stereocenters. The first-order valence-corrected chi connectivity index (χ1v) is 7.27. The number of ether oxygens (including phenoxy) is 1. The van der Waals surface area contributed by atoms with Gasteiger partial charge in [0.05, 0.1) is 5.02 Å². The molecular formula is C14H12BrCl2NO. The Kier molecular flexibility index (Phi) is 5.37. The third kappa shape index (κ3) is 4.60. The second-order valence-corrected chi connectivity index (χ2v) is 5.62. The normalized spacial score (nSPS) is 10.3. The highest BCUT2D eigenvalue weighted by molar-refractivity contribution is 9.10. The van der Waals surface area contributed by atoms with Crippen LogP contribution in [0.2, 0.25) is 10.0 Å². The highest BCUT2D eigenvalue weighted by atomic mass is 79.9. The zero-order chi connectivity index (χ0) is 13.7. The molecule has 0 unspecified atom stereocenters. The molecule has 0 aliphatic rings. The minimum Gasteiger partial charge on any atom is -0.490 e. The summed E-state index contributed by atoms with van der Waals surface area (Å²) in [5.74, 6) is 0.670. The third-order valence-electron chi connectivity index (χ3n) is 2.41. The van der Waals surface area contributed by atoms with E-state index in [1.807, 2.05) is 36.4 Å². The van der Waals surface area contributed by atoms with Crippen LogP contribution >= 0.6 is 39.1 Å². The van der Waals surface area contributed by atoms with E-state index in [2.05, 4.69) is 21.2 Å². The Bertz CT molecular complexity index is 563. The van der Waals surface area contributed by atoms with Gasteiger partial charge in [-0.2, -0.15) is 0 Å². The number of benzene rings is 2. The van der Waals surface area contributed by atoms with Crippen LogP contribution in [0.15, 0.2) is 46.9 Å². The van der Waals surface area contributed by atoms with Crippen LogP contribution in [-0.2, 0) is 0 Å². The van der Waals surface area contributed by atoms with Crippen LogP contribution in [-0.4, -0.2) is 13.2 Å². The molecule has 2 aromatic rings. The predicted octanol–water partition coefficient (Wildman–Crippen LogP) is 5.25. The van der Waals surface area contributed by atoms with Gasteiger partial charge in [0.25, 0.3) is 0 Å². The van der Waals surface area contributed by atoms with Gasteiger partial charge in [-0.15, -0.1) is 0 Å². The zero-order valence-corrected chi connectivity index (χ0v) is 13.1. The van der Waals surface area contributed by atoms with Crippen molar-refractivity contribution in [2.45, 2.75) is 0 Å². The molecule has 0 aliphatic heterocycles. The van der Waals surface area contributed by atoms with Crippen molar-refractivity contribution in [3.63, 3.8) is 0 Å². The molecule has 5 heteroatoms. The lowest BCUT2D eigenvalue weighted by Gasteiger charge is -2.10. The summed E-state index contributed by atoms with van der Waals surface area (Å²) in [5.41, 5.74) is 0.969. The summed E-state index contributed by atoms with van der Waals surface area (Å²) in [5, 5.41) is 4.54. The smallest absolute Gasteiger partial charge is 0.139 e. The summed E-state index contributed by atoms with van der Waals surface area (Å²) in [6.07, 6.45) is 0. The van der Waals surface area contributed by atoms with Gasteiger partial charge in [-0.05, 0) is 36.4 Å². The van der Waals surface area contributed by atoms with Crippen molar-refractivity contribution in [1.82, 2.24) is 0 Å². The average Bonchev–Trinajstić information content (AvgIpc) is 2.39. The number of hydrogen-bond donors (Lipinski definition) is 1. The van der Waals surface area contributed by atoms with Crippen molar-refractivity contribution in [3.05, 3.63) is 57.0 Å². The number of halogens is 3. The molecule has 0 aromatic heterocycles. The molecule has 2 nitrogen and oxygen atoms in total. The Balaban J connectivity index is 1.82. The fraction of sp³-hybridized carbons (Fsp3) is 0.143. The van der Waals surface area contributed by atoms with E-state index in [-0.39, 0.29) is 0 Å². The molecule has 2 aromatic carbocycles. The molecule has 0 saturated heterocycles. The Morgan fingerprint density at radius 2 is 1.95 bits per heavy atom. The van der Waals surface area contributed by atoms with E-state index in [1.165, 1.54) is 0 Å². The predicted molar refractivity (Wildman–Crippen MR) is 84.6 cm³/mol. The molecule has 0 saturated carbocycles. The lowest BCUT2D eigenvalue weighted by Crippen LogP contribution is -2.11. The summed E-state index contributed by atoms with van der Waals surface area (Å²) in [6, 6.07) is 13.1. The molecule has 0 amide bonds. The summed E-state index contributed by atoms with van der Waals surface area (Å²) in [4.78, 5) is 0. The van der Waals surface area contributed by atoms with Gasteiger partial charge < -0.3 is 10.1 Å². The Morgan fingerprint density at radius 1 is 1.11 bits per heavy atom. The summed E-state index contributed by atoms with van der Waals surface area (Å²) < 4.78 is 6.55. The van der Waals surface area contributed by atoms with Crippen molar-refractivity contribution in [1.29, 1.82) is 0 Å². The topological polar surface area (TPSA) is 21.3 Å². The first kappa shape index (κ1) is 14.5. The van der Waals surface area contributed by atoms with Gasteiger partial charge in [-0.25, -0.2) is 0 Å². The third-order valence-corrected chi connectivity index (χ3v) is 3.45. The summed E-state index contributed by atoms with van der Waals surface area (Å²) >= 11 is 15.3. The highest BCUT2D eigenvalue weighted by Gasteiger charge is 2.02. The molecule has 0 heterocycles. The van der Waals surface area contributed by atoms with Crippen molar-refractivity contribution < 1.29 is 4.74 Å². The fourth-order valence-corrected chi connectivity index (χ4v) is 2.25. The van der Waals surface area contributed by atoms with Crippen LogP contribution in [0.3, 0.4) is 0 Å². The summed E-state index contributed by atoms with van der Waals surface area (Å²) in [6.45, 7) is 1.19. The van der Waals surface area contributed by atoms with E-state index in [0.29, 0.717) is 28.9 Å². The van der Waals surface area contributed by atoms with Crippen LogP contribution in [0, 0.1) is 0 Å². The van der Waals surface area contributed by atoms with Gasteiger partial charge in [0.1, 0.15) is 12.4 Å². The maximum Gasteiger partial charge on any atom is 0.139 e. The van der Waals surface area contributed by atoms with Crippen LogP contribution in [0.4, 0.5) is 5.69 Å². The second kappa shape index (κ2) is 7.04. The van der Waals surface area contributed by atoms with Crippen molar-refractivity contribution in [2.75, 3.05) is 18.5 Å². The molecule has 0 bridgehead atoms. The van der Waals surface area contributed by atoms with E-state index in [9.17, 15) is 0 Å². The molecule has 0 fully saturated rings. The first-order chi connectivity index (χ1) is 9.15. The highest BCUT2D eigenvalue weighted by Crippen LogP contribution is 2.27. The second-order valence-electron chi connectivity index (χ2n) is 3.86. The van der Waals surface area contributed by atoms with Crippen LogP contribution in [0.1, 0.15) is 0 Å². The molecule has 100 valence electrons. The Morgan fingerprint density at radius 3 is 2.74 bits per heavy atom. The van der Waals surface area contributed by atoms with Crippen molar-refractivity contribution in [2.24, 2.45) is 0 Å². The maximum atomic E-state index is 6.03. The first-order valence-electron chi connectivity index (χ1n) is 5.72. The fourth-order valence-electron chi connectivity index (χ4n) is 1.54. The number of nitrogens with one attached hydrogen (secondary N) is 1. The van der Waals surface area contributed by atoms with Gasteiger partial charge in [-0.1, -0.05) is 45.2 Å². The lowest BCUT2D eigenvalue weighted by molar-refractivity contribution is 0.333. The molecule has 2 rings (SSSR count). The molecule has 0 radical (unpaired) electrons. The van der Waals surface area contributed by atoms with Crippen LogP contribution in [0.5, 0.6) is 5.75 Å². The molecular weight excluding hydrogens is 349 g/mol. The quantitative estimate of drug-likeness (QED) is 0.735. The molecule has 19 heavy (non-hydrogen) atoms. The van der Waals surface area contributed by atoms with E-state index >= 15 is 0 Å². The van der Waals surface area contributed by atoms with Crippen molar-refractivity contribution in [3.8, 4) is 5.75 Å². The minimum absolute atomic E-state index is 0.517. The zero-order valence-electron chi connectivity index (χ0n) is 10.00. The molecule has 1 N–H and O–H groups in total. The number of rotatable bonds is 5. The monoisotopic (exact) mass is 359 g/mol. The van der Waals surface area contributed by atoms with E-state index < -0.39 is 0 Å². The van der Waals surface area contributed by atoms with Crippen LogP contribution < -0.4 is 10.1 Å². The lowest BCUT2D eigenvalue weighted by atomic mass is 10.3. The van der Waals surface area contributed by atoms with E-state index in [0.717, 1.165) is 10.2 Å². The average molecular weight is 361 g/mol. The maximum absolute atomic E-state index is 6.03. The Hall–Kier alpha value is -0.900. The van der Waals surface area contributed by atoms with E-state index in [1.54, 1.807) is 6.07 Å². The van der Waals surface area contributed by atoms with Gasteiger partial charge in [0.15, 0.2) is 0 Å².